The van der Waals surface area contributed by atoms with Crippen LogP contribution in [0.2, 0.25) is 0 Å². The monoisotopic (exact) mass is 267 g/mol. The van der Waals surface area contributed by atoms with Crippen LogP contribution in [0.25, 0.3) is 10.2 Å². The molecule has 2 N–H and O–H groups in total. The summed E-state index contributed by atoms with van der Waals surface area (Å²) in [4.78, 5) is 23.9. The number of aromatic nitrogens is 1. The zero-order valence-electron chi connectivity index (χ0n) is 10.0. The molecule has 0 aliphatic rings. The number of nitrogens with zero attached hydrogens (tertiary/aromatic N) is 1. The molecule has 6 heteroatoms. The minimum atomic E-state index is -0.833. The highest BCUT2D eigenvalue weighted by molar-refractivity contribution is 7.18. The first-order valence-corrected chi connectivity index (χ1v) is 5.98. The first-order valence-electron chi connectivity index (χ1n) is 5.16. The van der Waals surface area contributed by atoms with Gasteiger partial charge in [-0.05, 0) is 18.6 Å². The van der Waals surface area contributed by atoms with Crippen LogP contribution < -0.4 is 0 Å². The summed E-state index contributed by atoms with van der Waals surface area (Å²) >= 11 is 1.59. The van der Waals surface area contributed by atoms with Gasteiger partial charge in [-0.3, -0.25) is 9.59 Å². The Bertz CT molecular complexity index is 572. The average Bonchev–Trinajstić information content (AvgIpc) is 2.57. The Morgan fingerprint density at radius 3 is 2.50 bits per heavy atom. The Labute approximate surface area is 108 Å². The summed E-state index contributed by atoms with van der Waals surface area (Å²) < 4.78 is 1.06. The molecular weight excluding hydrogens is 254 g/mol. The molecule has 0 aliphatic carbocycles. The Morgan fingerprint density at radius 2 is 1.94 bits per heavy atom. The molecule has 0 aliphatic heterocycles. The van der Waals surface area contributed by atoms with Crippen molar-refractivity contribution in [2.45, 2.75) is 20.3 Å². The zero-order valence-corrected chi connectivity index (χ0v) is 10.8. The molecule has 96 valence electrons. The number of thiazole rings is 1. The lowest BCUT2D eigenvalue weighted by molar-refractivity contribution is -0.136. The normalized spacial score (nSPS) is 9.67. The quantitative estimate of drug-likeness (QED) is 0.871. The van der Waals surface area contributed by atoms with Crippen LogP contribution in [0.5, 0.6) is 0 Å². The lowest BCUT2D eigenvalue weighted by Gasteiger charge is -1.96. The van der Waals surface area contributed by atoms with Crippen LogP contribution in [-0.2, 0) is 16.0 Å². The van der Waals surface area contributed by atoms with Crippen LogP contribution >= 0.6 is 11.3 Å². The maximum atomic E-state index is 10.6. The average molecular weight is 267 g/mol. The van der Waals surface area contributed by atoms with E-state index >= 15 is 0 Å². The molecule has 0 fully saturated rings. The third kappa shape index (κ3) is 4.14. The number of aryl methyl sites for hydroxylation is 1. The Hall–Kier alpha value is -1.95. The van der Waals surface area contributed by atoms with Crippen LogP contribution in [0.1, 0.15) is 17.5 Å². The van der Waals surface area contributed by atoms with Crippen molar-refractivity contribution in [1.82, 2.24) is 4.98 Å². The second kappa shape index (κ2) is 6.11. The summed E-state index contributed by atoms with van der Waals surface area (Å²) in [5, 5.41) is 17.1. The van der Waals surface area contributed by atoms with E-state index in [1.807, 2.05) is 25.1 Å². The van der Waals surface area contributed by atoms with Gasteiger partial charge in [0.25, 0.3) is 5.97 Å². The van der Waals surface area contributed by atoms with Gasteiger partial charge in [0.1, 0.15) is 0 Å². The van der Waals surface area contributed by atoms with Crippen LogP contribution in [0.3, 0.4) is 0 Å². The topological polar surface area (TPSA) is 87.5 Å². The molecule has 0 atom stereocenters. The van der Waals surface area contributed by atoms with E-state index < -0.39 is 11.9 Å². The molecular formula is C12H13NO4S. The van der Waals surface area contributed by atoms with Gasteiger partial charge < -0.3 is 10.2 Å². The van der Waals surface area contributed by atoms with E-state index in [1.54, 1.807) is 11.3 Å². The predicted octanol–water partition coefficient (Wildman–Crippen LogP) is 2.32. The lowest BCUT2D eigenvalue weighted by atomic mass is 10.1. The Balaban J connectivity index is 0.000000357. The van der Waals surface area contributed by atoms with E-state index in [2.05, 4.69) is 4.98 Å². The highest BCUT2D eigenvalue weighted by Gasteiger charge is 2.08. The fourth-order valence-corrected chi connectivity index (χ4v) is 2.30. The standard InChI is InChI=1S/C10H9NO2S.C2H4O2/c1-6-11-10-7(5-9(12)13)3-2-4-8(10)14-6;1-2(3)4/h2-4H,5H2,1H3,(H,12,13);1H3,(H,3,4). The first-order chi connectivity index (χ1) is 8.40. The SMILES string of the molecule is CC(=O)O.Cc1nc2c(CC(=O)O)cccc2s1. The minimum Gasteiger partial charge on any atom is -0.481 e. The summed E-state index contributed by atoms with van der Waals surface area (Å²) in [6.07, 6.45) is 0.0422. The number of carbonyl (C=O) groups is 2. The number of rotatable bonds is 2. The molecule has 0 saturated heterocycles. The molecule has 0 amide bonds. The van der Waals surface area contributed by atoms with Crippen LogP contribution in [0.4, 0.5) is 0 Å². The van der Waals surface area contributed by atoms with Crippen molar-refractivity contribution >= 4 is 33.5 Å². The number of hydrogen-bond acceptors (Lipinski definition) is 4. The molecule has 0 radical (unpaired) electrons. The van der Waals surface area contributed by atoms with Gasteiger partial charge in [-0.25, -0.2) is 4.98 Å². The smallest absolute Gasteiger partial charge is 0.307 e. The molecule has 1 aromatic carbocycles. The molecule has 1 aromatic heterocycles. The van der Waals surface area contributed by atoms with Gasteiger partial charge in [-0.15, -0.1) is 11.3 Å². The predicted molar refractivity (Wildman–Crippen MR) is 69.0 cm³/mol. The number of fused-ring (bicyclic) bond motifs is 1. The Morgan fingerprint density at radius 1 is 1.33 bits per heavy atom. The molecule has 2 aromatic rings. The summed E-state index contributed by atoms with van der Waals surface area (Å²) in [5.74, 6) is -1.65. The second-order valence-corrected chi connectivity index (χ2v) is 4.82. The van der Waals surface area contributed by atoms with E-state index in [0.717, 1.165) is 27.7 Å². The van der Waals surface area contributed by atoms with Crippen molar-refractivity contribution in [3.05, 3.63) is 28.8 Å². The van der Waals surface area contributed by atoms with Crippen molar-refractivity contribution in [2.24, 2.45) is 0 Å². The third-order valence-electron chi connectivity index (χ3n) is 1.95. The fourth-order valence-electron chi connectivity index (χ4n) is 1.42. The van der Waals surface area contributed by atoms with E-state index in [0.29, 0.717) is 0 Å². The molecule has 0 spiro atoms. The maximum Gasteiger partial charge on any atom is 0.307 e. The number of carboxylic acids is 2. The molecule has 1 heterocycles. The zero-order chi connectivity index (χ0) is 13.7. The molecule has 2 rings (SSSR count). The van der Waals surface area contributed by atoms with Crippen molar-refractivity contribution < 1.29 is 19.8 Å². The van der Waals surface area contributed by atoms with Crippen molar-refractivity contribution in [1.29, 1.82) is 0 Å². The fraction of sp³-hybridized carbons (Fsp3) is 0.250. The van der Waals surface area contributed by atoms with Gasteiger partial charge in [0.05, 0.1) is 21.6 Å². The van der Waals surface area contributed by atoms with Gasteiger partial charge >= 0.3 is 5.97 Å². The van der Waals surface area contributed by atoms with Gasteiger partial charge in [-0.2, -0.15) is 0 Å². The Kier molecular flexibility index (Phi) is 4.79. The van der Waals surface area contributed by atoms with Gasteiger partial charge in [0, 0.05) is 6.92 Å². The van der Waals surface area contributed by atoms with Gasteiger partial charge in [0.15, 0.2) is 0 Å². The van der Waals surface area contributed by atoms with Crippen molar-refractivity contribution in [3.63, 3.8) is 0 Å². The highest BCUT2D eigenvalue weighted by atomic mass is 32.1. The molecule has 0 bridgehead atoms. The molecule has 0 saturated carbocycles. The minimum absolute atomic E-state index is 0.0422. The number of carboxylic acid groups (broad SMARTS) is 2. The summed E-state index contributed by atoms with van der Waals surface area (Å²) in [7, 11) is 0. The van der Waals surface area contributed by atoms with E-state index in [4.69, 9.17) is 15.0 Å². The van der Waals surface area contributed by atoms with Gasteiger partial charge in [-0.1, -0.05) is 12.1 Å². The second-order valence-electron chi connectivity index (χ2n) is 3.59. The number of para-hydroxylation sites is 1. The molecule has 0 unspecified atom stereocenters. The van der Waals surface area contributed by atoms with Gasteiger partial charge in [0.2, 0.25) is 0 Å². The highest BCUT2D eigenvalue weighted by Crippen LogP contribution is 2.24. The van der Waals surface area contributed by atoms with Crippen LogP contribution in [-0.4, -0.2) is 27.1 Å². The first kappa shape index (κ1) is 14.1. The van der Waals surface area contributed by atoms with E-state index in [1.165, 1.54) is 0 Å². The van der Waals surface area contributed by atoms with Crippen LogP contribution in [0, 0.1) is 6.92 Å². The number of aliphatic carboxylic acids is 2. The maximum absolute atomic E-state index is 10.6. The van der Waals surface area contributed by atoms with E-state index in [9.17, 15) is 4.79 Å². The van der Waals surface area contributed by atoms with Crippen molar-refractivity contribution in [3.8, 4) is 0 Å². The molecule has 5 nitrogen and oxygen atoms in total. The summed E-state index contributed by atoms with van der Waals surface area (Å²) in [6, 6.07) is 5.65. The largest absolute Gasteiger partial charge is 0.481 e. The van der Waals surface area contributed by atoms with Crippen LogP contribution in [0.15, 0.2) is 18.2 Å². The number of hydrogen-bond donors (Lipinski definition) is 2. The number of benzene rings is 1. The summed E-state index contributed by atoms with van der Waals surface area (Å²) in [5.41, 5.74) is 1.62. The lowest BCUT2D eigenvalue weighted by Crippen LogP contribution is -2.00. The third-order valence-corrected chi connectivity index (χ3v) is 2.89. The summed E-state index contributed by atoms with van der Waals surface area (Å²) in [6.45, 7) is 3.01. The van der Waals surface area contributed by atoms with E-state index in [-0.39, 0.29) is 6.42 Å². The molecule has 18 heavy (non-hydrogen) atoms. The van der Waals surface area contributed by atoms with Crippen molar-refractivity contribution in [2.75, 3.05) is 0 Å².